The molecule has 0 saturated heterocycles. The Kier molecular flexibility index (Phi) is 7.25. The smallest absolute Gasteiger partial charge is 0.355 e. The van der Waals surface area contributed by atoms with E-state index in [2.05, 4.69) is 10.3 Å². The molecule has 1 atom stereocenters. The van der Waals surface area contributed by atoms with Crippen LogP contribution in [0.25, 0.3) is 16.6 Å². The lowest BCUT2D eigenvalue weighted by Gasteiger charge is -2.17. The molecule has 0 bridgehead atoms. The fourth-order valence-corrected chi connectivity index (χ4v) is 4.52. The van der Waals surface area contributed by atoms with Gasteiger partial charge in [-0.05, 0) is 49.2 Å². The Hall–Kier alpha value is -3.59. The highest BCUT2D eigenvalue weighted by Crippen LogP contribution is 2.31. The summed E-state index contributed by atoms with van der Waals surface area (Å²) in [7, 11) is 0. The van der Waals surface area contributed by atoms with Crippen molar-refractivity contribution in [2.45, 2.75) is 29.9 Å². The average Bonchev–Trinajstić information content (AvgIpc) is 2.84. The number of carbonyl (C=O) groups excluding carboxylic acids is 1. The molecule has 3 aromatic carbocycles. The fraction of sp³-hybridized carbons (Fsp3) is 0.192. The molecule has 4 aromatic rings. The molecule has 0 fully saturated rings. The second-order valence-corrected chi connectivity index (χ2v) is 9.19. The van der Waals surface area contributed by atoms with Crippen LogP contribution in [-0.4, -0.2) is 27.3 Å². The number of rotatable bonds is 7. The Labute approximate surface area is 204 Å². The first-order valence-corrected chi connectivity index (χ1v) is 11.8. The van der Waals surface area contributed by atoms with Crippen LogP contribution in [0.1, 0.15) is 18.1 Å². The lowest BCUT2D eigenvalue weighted by Crippen LogP contribution is -2.33. The molecule has 0 aliphatic heterocycles. The number of aromatic nitrogens is 2. The quantitative estimate of drug-likeness (QED) is 0.280. The van der Waals surface area contributed by atoms with Crippen LogP contribution < -0.4 is 10.9 Å². The Morgan fingerprint density at radius 1 is 1.03 bits per heavy atom. The Morgan fingerprint density at radius 2 is 1.74 bits per heavy atom. The van der Waals surface area contributed by atoms with Crippen molar-refractivity contribution in [2.75, 3.05) is 6.54 Å². The number of amides is 1. The first-order chi connectivity index (χ1) is 16.7. The number of benzene rings is 3. The zero-order valence-electron chi connectivity index (χ0n) is 18.8. The third kappa shape index (κ3) is 5.74. The maximum atomic E-state index is 13.3. The van der Waals surface area contributed by atoms with Gasteiger partial charge in [-0.1, -0.05) is 60.3 Å². The Bertz CT molecular complexity index is 1400. The molecule has 180 valence electrons. The van der Waals surface area contributed by atoms with Crippen molar-refractivity contribution in [3.05, 3.63) is 100 Å². The van der Waals surface area contributed by atoms with E-state index in [4.69, 9.17) is 0 Å². The van der Waals surface area contributed by atoms with E-state index in [1.807, 2.05) is 30.3 Å². The third-order valence-electron chi connectivity index (χ3n) is 5.38. The van der Waals surface area contributed by atoms with Crippen LogP contribution in [0.2, 0.25) is 0 Å². The van der Waals surface area contributed by atoms with E-state index in [-0.39, 0.29) is 22.1 Å². The summed E-state index contributed by atoms with van der Waals surface area (Å²) in [4.78, 5) is 30.6. The number of hydrogen-bond donors (Lipinski definition) is 1. The van der Waals surface area contributed by atoms with Crippen LogP contribution in [0, 0.1) is 0 Å². The van der Waals surface area contributed by atoms with E-state index in [0.717, 1.165) is 34.0 Å². The summed E-state index contributed by atoms with van der Waals surface area (Å²) in [6.45, 7) is 2.10. The molecular weight excluding hydrogens is 475 g/mol. The van der Waals surface area contributed by atoms with Crippen molar-refractivity contribution in [3.63, 3.8) is 0 Å². The first kappa shape index (κ1) is 24.5. The van der Waals surface area contributed by atoms with Gasteiger partial charge in [-0.25, -0.2) is 4.98 Å². The monoisotopic (exact) mass is 497 g/mol. The normalized spacial score (nSPS) is 12.5. The summed E-state index contributed by atoms with van der Waals surface area (Å²) in [5.41, 5.74) is 0.136. The highest BCUT2D eigenvalue weighted by molar-refractivity contribution is 8.00. The second-order valence-electron chi connectivity index (χ2n) is 7.89. The predicted molar refractivity (Wildman–Crippen MR) is 131 cm³/mol. The summed E-state index contributed by atoms with van der Waals surface area (Å²) in [6.07, 6.45) is -3.91. The van der Waals surface area contributed by atoms with E-state index in [9.17, 15) is 22.8 Å². The molecular formula is C26H22F3N3O2S. The van der Waals surface area contributed by atoms with Crippen LogP contribution in [0.5, 0.6) is 0 Å². The van der Waals surface area contributed by atoms with Crippen LogP contribution in [-0.2, 0) is 17.4 Å². The molecule has 1 amide bonds. The molecule has 9 heteroatoms. The van der Waals surface area contributed by atoms with Crippen molar-refractivity contribution < 1.29 is 18.0 Å². The van der Waals surface area contributed by atoms with Gasteiger partial charge in [0.25, 0.3) is 5.56 Å². The topological polar surface area (TPSA) is 64.0 Å². The van der Waals surface area contributed by atoms with Gasteiger partial charge < -0.3 is 5.32 Å². The minimum atomic E-state index is -4.57. The minimum absolute atomic E-state index is 0.0299. The van der Waals surface area contributed by atoms with E-state index in [1.165, 1.54) is 12.1 Å². The molecule has 0 spiro atoms. The number of nitrogens with one attached hydrogen (secondary N) is 1. The lowest BCUT2D eigenvalue weighted by atomic mass is 10.1. The minimum Gasteiger partial charge on any atom is -0.355 e. The highest BCUT2D eigenvalue weighted by Gasteiger charge is 2.31. The molecule has 0 aliphatic carbocycles. The van der Waals surface area contributed by atoms with Gasteiger partial charge in [0.2, 0.25) is 5.91 Å². The number of para-hydroxylation sites is 1. The van der Waals surface area contributed by atoms with Gasteiger partial charge in [-0.3, -0.25) is 14.2 Å². The largest absolute Gasteiger partial charge is 0.416 e. The van der Waals surface area contributed by atoms with Crippen LogP contribution in [0.4, 0.5) is 13.2 Å². The highest BCUT2D eigenvalue weighted by atomic mass is 32.2. The predicted octanol–water partition coefficient (Wildman–Crippen LogP) is 5.24. The van der Waals surface area contributed by atoms with E-state index in [1.54, 1.807) is 31.2 Å². The SMILES string of the molecule is CC(Sc1nc2ccccc2c(=O)n1-c1cccc(C(F)(F)F)c1)C(=O)NCCc1ccccc1. The van der Waals surface area contributed by atoms with Crippen molar-refractivity contribution in [1.82, 2.24) is 14.9 Å². The standard InChI is InChI=1S/C26H22F3N3O2S/c1-17(23(33)30-15-14-18-8-3-2-4-9-18)35-25-31-22-13-6-5-12-21(22)24(34)32(25)20-11-7-10-19(16-20)26(27,28)29/h2-13,16-17H,14-15H2,1H3,(H,30,33). The second kappa shape index (κ2) is 10.4. The maximum absolute atomic E-state index is 13.3. The Balaban J connectivity index is 1.64. The molecule has 35 heavy (non-hydrogen) atoms. The number of thioether (sulfide) groups is 1. The van der Waals surface area contributed by atoms with Gasteiger partial charge in [0.1, 0.15) is 0 Å². The van der Waals surface area contributed by atoms with Crippen molar-refractivity contribution in [2.24, 2.45) is 0 Å². The van der Waals surface area contributed by atoms with Crippen molar-refractivity contribution >= 4 is 28.6 Å². The number of nitrogens with zero attached hydrogens (tertiary/aromatic N) is 2. The average molecular weight is 498 g/mol. The molecule has 0 aliphatic rings. The van der Waals surface area contributed by atoms with E-state index >= 15 is 0 Å². The summed E-state index contributed by atoms with van der Waals surface area (Å²) in [6, 6.07) is 20.8. The molecule has 1 heterocycles. The van der Waals surface area contributed by atoms with E-state index < -0.39 is 22.5 Å². The number of hydrogen-bond acceptors (Lipinski definition) is 4. The van der Waals surface area contributed by atoms with Gasteiger partial charge in [0.15, 0.2) is 5.16 Å². The van der Waals surface area contributed by atoms with Crippen LogP contribution >= 0.6 is 11.8 Å². The number of halogens is 3. The fourth-order valence-electron chi connectivity index (χ4n) is 3.57. The van der Waals surface area contributed by atoms with Crippen LogP contribution in [0.3, 0.4) is 0 Å². The van der Waals surface area contributed by atoms with Crippen molar-refractivity contribution in [1.29, 1.82) is 0 Å². The summed E-state index contributed by atoms with van der Waals surface area (Å²) >= 11 is 1.02. The zero-order chi connectivity index (χ0) is 25.0. The third-order valence-corrected chi connectivity index (χ3v) is 6.44. The number of carbonyl (C=O) groups is 1. The number of alkyl halides is 3. The lowest BCUT2D eigenvalue weighted by molar-refractivity contribution is -0.137. The Morgan fingerprint density at radius 3 is 2.49 bits per heavy atom. The van der Waals surface area contributed by atoms with Crippen molar-refractivity contribution in [3.8, 4) is 5.69 Å². The van der Waals surface area contributed by atoms with Gasteiger partial charge in [0, 0.05) is 6.54 Å². The van der Waals surface area contributed by atoms with Gasteiger partial charge in [-0.2, -0.15) is 13.2 Å². The summed E-state index contributed by atoms with van der Waals surface area (Å²) < 4.78 is 41.1. The molecule has 5 nitrogen and oxygen atoms in total. The molecule has 1 unspecified atom stereocenters. The van der Waals surface area contributed by atoms with Gasteiger partial charge in [0.05, 0.1) is 27.4 Å². The maximum Gasteiger partial charge on any atom is 0.416 e. The zero-order valence-corrected chi connectivity index (χ0v) is 19.6. The van der Waals surface area contributed by atoms with Crippen LogP contribution in [0.15, 0.2) is 88.8 Å². The van der Waals surface area contributed by atoms with Gasteiger partial charge in [-0.15, -0.1) is 0 Å². The molecule has 0 radical (unpaired) electrons. The molecule has 1 aromatic heterocycles. The molecule has 4 rings (SSSR count). The summed E-state index contributed by atoms with van der Waals surface area (Å²) in [5.74, 6) is -0.260. The number of fused-ring (bicyclic) bond motifs is 1. The van der Waals surface area contributed by atoms with E-state index in [0.29, 0.717) is 18.5 Å². The molecule has 0 saturated carbocycles. The summed E-state index contributed by atoms with van der Waals surface area (Å²) in [5, 5.41) is 2.63. The molecule has 1 N–H and O–H groups in total. The van der Waals surface area contributed by atoms with Gasteiger partial charge >= 0.3 is 6.18 Å². The first-order valence-electron chi connectivity index (χ1n) is 10.9.